The van der Waals surface area contributed by atoms with Crippen LogP contribution in [0.5, 0.6) is 17.2 Å². The number of hydrogen-bond donors (Lipinski definition) is 1. The monoisotopic (exact) mass is 443 g/mol. The van der Waals surface area contributed by atoms with E-state index < -0.39 is 0 Å². The van der Waals surface area contributed by atoms with Gasteiger partial charge < -0.3 is 24.2 Å². The maximum Gasteiger partial charge on any atom is 0.231 e. The van der Waals surface area contributed by atoms with Gasteiger partial charge in [0.1, 0.15) is 18.0 Å². The molecule has 0 amide bonds. The third kappa shape index (κ3) is 4.42. The molecule has 2 aromatic carbocycles. The lowest BCUT2D eigenvalue weighted by Gasteiger charge is -2.23. The fraction of sp³-hybridized carbons (Fsp3) is 0.375. The number of halogens is 1. The number of fused-ring (bicyclic) bond motifs is 2. The quantitative estimate of drug-likeness (QED) is 0.666. The van der Waals surface area contributed by atoms with Gasteiger partial charge >= 0.3 is 0 Å². The molecule has 4 rings (SSSR count). The molecule has 31 heavy (non-hydrogen) atoms. The Hall–Kier alpha value is -2.54. The number of rotatable bonds is 7. The molecule has 6 nitrogen and oxygen atoms in total. The Morgan fingerprint density at radius 2 is 1.94 bits per heavy atom. The van der Waals surface area contributed by atoms with Crippen molar-refractivity contribution >= 4 is 23.5 Å². The number of quaternary nitrogens is 1. The van der Waals surface area contributed by atoms with Crippen molar-refractivity contribution in [1.82, 2.24) is 0 Å². The number of ketones is 1. The van der Waals surface area contributed by atoms with Crippen molar-refractivity contribution in [2.45, 2.75) is 39.8 Å². The zero-order chi connectivity index (χ0) is 22.0. The molecule has 0 aliphatic carbocycles. The molecule has 0 bridgehead atoms. The summed E-state index contributed by atoms with van der Waals surface area (Å²) in [6.45, 7) is 7.24. The zero-order valence-electron chi connectivity index (χ0n) is 17.8. The number of benzene rings is 2. The second kappa shape index (κ2) is 9.30. The molecule has 2 heterocycles. The Bertz CT molecular complexity index is 1030. The molecule has 0 saturated carbocycles. The van der Waals surface area contributed by atoms with E-state index >= 15 is 0 Å². The SMILES string of the molecule is CCC[NH+](CCC)Cc1c([O-])ccc2c1OC(=Cc1cc(Cl)cc3c1OCOC3)C2=O. The van der Waals surface area contributed by atoms with Crippen molar-refractivity contribution in [2.24, 2.45) is 0 Å². The average Bonchev–Trinajstić information content (AvgIpc) is 3.06. The Morgan fingerprint density at radius 3 is 2.68 bits per heavy atom. The summed E-state index contributed by atoms with van der Waals surface area (Å²) in [5.74, 6) is 0.826. The highest BCUT2D eigenvalue weighted by atomic mass is 35.5. The predicted octanol–water partition coefficient (Wildman–Crippen LogP) is 3.10. The molecule has 2 aromatic rings. The smallest absolute Gasteiger partial charge is 0.231 e. The molecule has 0 aromatic heterocycles. The van der Waals surface area contributed by atoms with Gasteiger partial charge in [-0.2, -0.15) is 0 Å². The molecule has 0 radical (unpaired) electrons. The third-order valence-electron chi connectivity index (χ3n) is 5.52. The highest BCUT2D eigenvalue weighted by Crippen LogP contribution is 2.40. The van der Waals surface area contributed by atoms with Gasteiger partial charge in [0.05, 0.1) is 25.3 Å². The topological polar surface area (TPSA) is 72.3 Å². The number of ether oxygens (including phenoxy) is 3. The molecule has 0 fully saturated rings. The predicted molar refractivity (Wildman–Crippen MR) is 116 cm³/mol. The summed E-state index contributed by atoms with van der Waals surface area (Å²) < 4.78 is 16.9. The van der Waals surface area contributed by atoms with E-state index in [9.17, 15) is 9.90 Å². The summed E-state index contributed by atoms with van der Waals surface area (Å²) in [6.07, 6.45) is 3.68. The second-order valence-corrected chi connectivity index (χ2v) is 8.32. The van der Waals surface area contributed by atoms with Gasteiger partial charge in [0.15, 0.2) is 12.6 Å². The first-order valence-corrected chi connectivity index (χ1v) is 11.0. The maximum atomic E-state index is 13.1. The average molecular weight is 444 g/mol. The molecule has 0 atom stereocenters. The van der Waals surface area contributed by atoms with Crippen LogP contribution in [0.1, 0.15) is 53.7 Å². The van der Waals surface area contributed by atoms with Crippen LogP contribution in [-0.4, -0.2) is 25.7 Å². The number of nitrogens with one attached hydrogen (secondary N) is 1. The molecule has 2 aliphatic rings. The van der Waals surface area contributed by atoms with Crippen LogP contribution in [0.15, 0.2) is 30.0 Å². The van der Waals surface area contributed by atoms with Gasteiger partial charge in [-0.25, -0.2) is 0 Å². The number of carbonyl (C=O) groups excluding carboxylic acids is 1. The summed E-state index contributed by atoms with van der Waals surface area (Å²) >= 11 is 6.25. The van der Waals surface area contributed by atoms with Crippen LogP contribution in [0.3, 0.4) is 0 Å². The second-order valence-electron chi connectivity index (χ2n) is 7.88. The van der Waals surface area contributed by atoms with Crippen LogP contribution in [0.2, 0.25) is 5.02 Å². The van der Waals surface area contributed by atoms with Gasteiger partial charge in [-0.3, -0.25) is 4.79 Å². The normalized spacial score (nSPS) is 16.3. The van der Waals surface area contributed by atoms with E-state index in [2.05, 4.69) is 13.8 Å². The minimum Gasteiger partial charge on any atom is -0.872 e. The van der Waals surface area contributed by atoms with Crippen LogP contribution < -0.4 is 19.5 Å². The van der Waals surface area contributed by atoms with Gasteiger partial charge in [-0.1, -0.05) is 37.3 Å². The molecule has 0 unspecified atom stereocenters. The van der Waals surface area contributed by atoms with Gasteiger partial charge in [0.25, 0.3) is 0 Å². The fourth-order valence-electron chi connectivity index (χ4n) is 4.17. The van der Waals surface area contributed by atoms with Crippen molar-refractivity contribution in [3.8, 4) is 17.2 Å². The van der Waals surface area contributed by atoms with Crippen LogP contribution in [0.4, 0.5) is 0 Å². The van der Waals surface area contributed by atoms with Gasteiger partial charge in [0, 0.05) is 21.7 Å². The molecule has 7 heteroatoms. The highest BCUT2D eigenvalue weighted by Gasteiger charge is 2.31. The summed E-state index contributed by atoms with van der Waals surface area (Å²) in [4.78, 5) is 14.4. The molecule has 164 valence electrons. The fourth-order valence-corrected chi connectivity index (χ4v) is 4.42. The van der Waals surface area contributed by atoms with E-state index in [1.807, 2.05) is 0 Å². The summed E-state index contributed by atoms with van der Waals surface area (Å²) in [6, 6.07) is 6.54. The van der Waals surface area contributed by atoms with Gasteiger partial charge in [-0.05, 0) is 37.1 Å². The standard InChI is InChI=1S/C24H26ClNO5/c1-3-7-26(8-4-2)12-19-20(27)6-5-18-22(28)21(31-24(18)19)11-15-9-17(25)10-16-13-29-14-30-23(15)16/h5-6,9-11,27H,3-4,7-8,12-14H2,1-2H3. The lowest BCUT2D eigenvalue weighted by Crippen LogP contribution is -3.10. The first kappa shape index (κ1) is 21.7. The zero-order valence-corrected chi connectivity index (χ0v) is 18.5. The van der Waals surface area contributed by atoms with Crippen LogP contribution in [0.25, 0.3) is 6.08 Å². The Balaban J connectivity index is 1.69. The third-order valence-corrected chi connectivity index (χ3v) is 5.74. The minimum atomic E-state index is -0.246. The van der Waals surface area contributed by atoms with Gasteiger partial charge in [0.2, 0.25) is 5.78 Å². The van der Waals surface area contributed by atoms with E-state index in [0.717, 1.165) is 31.5 Å². The minimum absolute atomic E-state index is 0.0990. The van der Waals surface area contributed by atoms with Crippen molar-refractivity contribution < 1.29 is 29.0 Å². The molecule has 0 spiro atoms. The van der Waals surface area contributed by atoms with E-state index in [0.29, 0.717) is 46.4 Å². The summed E-state index contributed by atoms with van der Waals surface area (Å²) in [7, 11) is 0. The van der Waals surface area contributed by atoms with Crippen molar-refractivity contribution in [3.63, 3.8) is 0 Å². The van der Waals surface area contributed by atoms with Crippen LogP contribution >= 0.6 is 11.6 Å². The molecule has 0 saturated heterocycles. The lowest BCUT2D eigenvalue weighted by molar-refractivity contribution is -0.914. The van der Waals surface area contributed by atoms with E-state index in [4.69, 9.17) is 25.8 Å². The van der Waals surface area contributed by atoms with E-state index in [1.165, 1.54) is 11.0 Å². The first-order valence-electron chi connectivity index (χ1n) is 10.7. The number of carbonyl (C=O) groups is 1. The lowest BCUT2D eigenvalue weighted by atomic mass is 10.0. The molecule has 2 aliphatic heterocycles. The van der Waals surface area contributed by atoms with Crippen molar-refractivity contribution in [2.75, 3.05) is 19.9 Å². The molecular weight excluding hydrogens is 418 g/mol. The summed E-state index contributed by atoms with van der Waals surface area (Å²) in [5, 5.41) is 13.2. The van der Waals surface area contributed by atoms with Crippen LogP contribution in [0, 0.1) is 0 Å². The summed E-state index contributed by atoms with van der Waals surface area (Å²) in [5.41, 5.74) is 2.45. The first-order chi connectivity index (χ1) is 15.0. The molecule has 1 N–H and O–H groups in total. The number of allylic oxidation sites excluding steroid dienone is 1. The Kier molecular flexibility index (Phi) is 6.51. The van der Waals surface area contributed by atoms with E-state index in [-0.39, 0.29) is 24.1 Å². The van der Waals surface area contributed by atoms with Crippen molar-refractivity contribution in [1.29, 1.82) is 0 Å². The Labute approximate surface area is 187 Å². The molecular formula is C24H26ClNO5. The van der Waals surface area contributed by atoms with Crippen molar-refractivity contribution in [3.05, 3.63) is 57.3 Å². The Morgan fingerprint density at radius 1 is 1.16 bits per heavy atom. The number of hydrogen-bond acceptors (Lipinski definition) is 5. The van der Waals surface area contributed by atoms with Gasteiger partial charge in [-0.15, -0.1) is 0 Å². The largest absolute Gasteiger partial charge is 0.872 e. The maximum absolute atomic E-state index is 13.1. The van der Waals surface area contributed by atoms with Crippen LogP contribution in [-0.2, 0) is 17.9 Å². The highest BCUT2D eigenvalue weighted by molar-refractivity contribution is 6.31. The van der Waals surface area contributed by atoms with E-state index in [1.54, 1.807) is 24.3 Å². The number of Topliss-reactive ketones (excluding diaryl/α,β-unsaturated/α-hetero) is 1.